The van der Waals surface area contributed by atoms with Gasteiger partial charge in [0.05, 0.1) is 6.61 Å². The van der Waals surface area contributed by atoms with Gasteiger partial charge in [0, 0.05) is 30.0 Å². The second-order valence-electron chi connectivity index (χ2n) is 7.10. The van der Waals surface area contributed by atoms with E-state index in [4.69, 9.17) is 4.74 Å². The van der Waals surface area contributed by atoms with E-state index < -0.39 is 5.91 Å². The molecule has 0 bridgehead atoms. The number of carbonyl (C=O) groups excluding carboxylic acids is 1. The third-order valence-corrected chi connectivity index (χ3v) is 4.89. The van der Waals surface area contributed by atoms with Gasteiger partial charge in [-0.15, -0.1) is 0 Å². The number of anilines is 2. The molecule has 1 fully saturated rings. The zero-order chi connectivity index (χ0) is 20.5. The van der Waals surface area contributed by atoms with Crippen molar-refractivity contribution in [1.29, 1.82) is 5.26 Å². The zero-order valence-electron chi connectivity index (χ0n) is 16.9. The Hall–Kier alpha value is -3.26. The smallest absolute Gasteiger partial charge is 0.266 e. The number of nitrogens with zero attached hydrogens (tertiary/aromatic N) is 2. The van der Waals surface area contributed by atoms with Crippen molar-refractivity contribution >= 4 is 23.4 Å². The number of amides is 1. The Balaban J connectivity index is 1.70. The van der Waals surface area contributed by atoms with Crippen LogP contribution in [-0.2, 0) is 4.79 Å². The molecule has 1 heterocycles. The van der Waals surface area contributed by atoms with Crippen LogP contribution >= 0.6 is 0 Å². The van der Waals surface area contributed by atoms with Gasteiger partial charge in [-0.25, -0.2) is 0 Å². The van der Waals surface area contributed by atoms with Crippen LogP contribution in [0.25, 0.3) is 6.08 Å². The number of hydrogen-bond donors (Lipinski definition) is 1. The summed E-state index contributed by atoms with van der Waals surface area (Å²) in [6.07, 6.45) is 6.19. The highest BCUT2D eigenvalue weighted by molar-refractivity contribution is 6.09. The highest BCUT2D eigenvalue weighted by Gasteiger charge is 2.13. The Labute approximate surface area is 172 Å². The maximum Gasteiger partial charge on any atom is 0.266 e. The molecule has 1 aliphatic heterocycles. The first-order chi connectivity index (χ1) is 14.2. The number of nitrogens with one attached hydrogen (secondary N) is 1. The molecule has 29 heavy (non-hydrogen) atoms. The Morgan fingerprint density at radius 2 is 1.86 bits per heavy atom. The van der Waals surface area contributed by atoms with Crippen LogP contribution in [0.3, 0.4) is 0 Å². The van der Waals surface area contributed by atoms with E-state index in [0.29, 0.717) is 23.6 Å². The van der Waals surface area contributed by atoms with E-state index in [1.54, 1.807) is 6.08 Å². The molecule has 2 aromatic carbocycles. The number of ether oxygens (including phenoxy) is 1. The lowest BCUT2D eigenvalue weighted by Crippen LogP contribution is -2.29. The topological polar surface area (TPSA) is 65.4 Å². The molecule has 150 valence electrons. The summed E-state index contributed by atoms with van der Waals surface area (Å²) < 4.78 is 5.71. The number of carbonyl (C=O) groups is 1. The standard InChI is InChI=1S/C24H27N3O2/c1-2-16-29-23-9-5-4-8-19(23)17-20(18-25)24(28)26-21-10-12-22(13-11-21)27-14-6-3-7-15-27/h4-5,8-13,17H,2-3,6-7,14-16H2,1H3,(H,26,28)/b20-17+. The quantitative estimate of drug-likeness (QED) is 0.534. The van der Waals surface area contributed by atoms with E-state index in [2.05, 4.69) is 10.2 Å². The van der Waals surface area contributed by atoms with E-state index in [9.17, 15) is 10.1 Å². The zero-order valence-corrected chi connectivity index (χ0v) is 16.9. The molecular formula is C24H27N3O2. The van der Waals surface area contributed by atoms with Crippen molar-refractivity contribution in [2.24, 2.45) is 0 Å². The van der Waals surface area contributed by atoms with Crippen LogP contribution in [0.1, 0.15) is 38.2 Å². The van der Waals surface area contributed by atoms with Crippen molar-refractivity contribution in [1.82, 2.24) is 0 Å². The molecule has 1 saturated heterocycles. The molecule has 0 radical (unpaired) electrons. The lowest BCUT2D eigenvalue weighted by Gasteiger charge is -2.28. The summed E-state index contributed by atoms with van der Waals surface area (Å²) in [5.41, 5.74) is 2.60. The van der Waals surface area contributed by atoms with Gasteiger partial charge in [0.1, 0.15) is 17.4 Å². The lowest BCUT2D eigenvalue weighted by atomic mass is 10.1. The fourth-order valence-electron chi connectivity index (χ4n) is 3.35. The Kier molecular flexibility index (Phi) is 7.29. The molecule has 0 saturated carbocycles. The molecule has 2 aromatic rings. The van der Waals surface area contributed by atoms with Crippen LogP contribution in [0.4, 0.5) is 11.4 Å². The van der Waals surface area contributed by atoms with Crippen molar-refractivity contribution in [2.75, 3.05) is 29.9 Å². The average Bonchev–Trinajstić information content (AvgIpc) is 2.77. The largest absolute Gasteiger partial charge is 0.493 e. The number of rotatable bonds is 7. The van der Waals surface area contributed by atoms with Gasteiger partial charge in [0.25, 0.3) is 5.91 Å². The Morgan fingerprint density at radius 1 is 1.14 bits per heavy atom. The summed E-state index contributed by atoms with van der Waals surface area (Å²) in [6, 6.07) is 17.2. The molecule has 1 aliphatic rings. The van der Waals surface area contributed by atoms with Crippen LogP contribution in [0, 0.1) is 11.3 Å². The van der Waals surface area contributed by atoms with Gasteiger partial charge in [-0.3, -0.25) is 4.79 Å². The first-order valence-corrected chi connectivity index (χ1v) is 10.2. The number of hydrogen-bond acceptors (Lipinski definition) is 4. The molecular weight excluding hydrogens is 362 g/mol. The summed E-state index contributed by atoms with van der Waals surface area (Å²) >= 11 is 0. The maximum absolute atomic E-state index is 12.6. The van der Waals surface area contributed by atoms with Crippen LogP contribution in [0.15, 0.2) is 54.1 Å². The number of nitriles is 1. The Bertz CT molecular complexity index is 891. The molecule has 1 amide bonds. The molecule has 0 aromatic heterocycles. The van der Waals surface area contributed by atoms with Crippen LogP contribution in [0.2, 0.25) is 0 Å². The summed E-state index contributed by atoms with van der Waals surface area (Å²) in [6.45, 7) is 4.77. The molecule has 5 nitrogen and oxygen atoms in total. The lowest BCUT2D eigenvalue weighted by molar-refractivity contribution is -0.112. The third-order valence-electron chi connectivity index (χ3n) is 4.89. The predicted octanol–water partition coefficient (Wildman–Crippen LogP) is 5.01. The monoisotopic (exact) mass is 389 g/mol. The van der Waals surface area contributed by atoms with Crippen LogP contribution in [0.5, 0.6) is 5.75 Å². The van der Waals surface area contributed by atoms with Crippen molar-refractivity contribution < 1.29 is 9.53 Å². The molecule has 0 unspecified atom stereocenters. The van der Waals surface area contributed by atoms with Gasteiger partial charge in [-0.2, -0.15) is 5.26 Å². The highest BCUT2D eigenvalue weighted by Crippen LogP contribution is 2.23. The summed E-state index contributed by atoms with van der Waals surface area (Å²) in [4.78, 5) is 15.0. The summed E-state index contributed by atoms with van der Waals surface area (Å²) in [7, 11) is 0. The minimum absolute atomic E-state index is 0.0395. The van der Waals surface area contributed by atoms with Crippen molar-refractivity contribution in [3.63, 3.8) is 0 Å². The normalized spacial score (nSPS) is 14.2. The summed E-state index contributed by atoms with van der Waals surface area (Å²) in [5.74, 6) is 0.240. The second kappa shape index (κ2) is 10.3. The van der Waals surface area contributed by atoms with Crippen molar-refractivity contribution in [3.8, 4) is 11.8 Å². The van der Waals surface area contributed by atoms with E-state index >= 15 is 0 Å². The molecule has 1 N–H and O–H groups in total. The van der Waals surface area contributed by atoms with Gasteiger partial charge in [0.15, 0.2) is 0 Å². The number of piperidine rings is 1. The van der Waals surface area contributed by atoms with Gasteiger partial charge < -0.3 is 15.0 Å². The van der Waals surface area contributed by atoms with E-state index in [0.717, 1.165) is 19.5 Å². The molecule has 3 rings (SSSR count). The van der Waals surface area contributed by atoms with Crippen molar-refractivity contribution in [2.45, 2.75) is 32.6 Å². The molecule has 5 heteroatoms. The van der Waals surface area contributed by atoms with E-state index in [1.165, 1.54) is 24.9 Å². The first kappa shape index (κ1) is 20.5. The molecule has 0 aliphatic carbocycles. The second-order valence-corrected chi connectivity index (χ2v) is 7.10. The number of para-hydroxylation sites is 1. The Morgan fingerprint density at radius 3 is 2.55 bits per heavy atom. The minimum Gasteiger partial charge on any atom is -0.493 e. The van der Waals surface area contributed by atoms with Crippen LogP contribution < -0.4 is 15.0 Å². The van der Waals surface area contributed by atoms with Gasteiger partial charge in [0.2, 0.25) is 0 Å². The van der Waals surface area contributed by atoms with Gasteiger partial charge >= 0.3 is 0 Å². The number of benzene rings is 2. The molecule has 0 atom stereocenters. The first-order valence-electron chi connectivity index (χ1n) is 10.2. The van der Waals surface area contributed by atoms with Gasteiger partial charge in [-0.05, 0) is 62.1 Å². The fourth-order valence-corrected chi connectivity index (χ4v) is 3.35. The van der Waals surface area contributed by atoms with Crippen LogP contribution in [-0.4, -0.2) is 25.6 Å². The highest BCUT2D eigenvalue weighted by atomic mass is 16.5. The van der Waals surface area contributed by atoms with Crippen molar-refractivity contribution in [3.05, 3.63) is 59.7 Å². The summed E-state index contributed by atoms with van der Waals surface area (Å²) in [5, 5.41) is 12.3. The SMILES string of the molecule is CCCOc1ccccc1/C=C(\C#N)C(=O)Nc1ccc(N2CCCCC2)cc1. The van der Waals surface area contributed by atoms with Gasteiger partial charge in [-0.1, -0.05) is 25.1 Å². The third kappa shape index (κ3) is 5.61. The average molecular weight is 389 g/mol. The fraction of sp³-hybridized carbons (Fsp3) is 0.333. The van der Waals surface area contributed by atoms with E-state index in [1.807, 2.05) is 61.5 Å². The minimum atomic E-state index is -0.427. The van der Waals surface area contributed by atoms with E-state index in [-0.39, 0.29) is 5.57 Å². The predicted molar refractivity (Wildman–Crippen MR) is 117 cm³/mol. The maximum atomic E-state index is 12.6. The molecule has 0 spiro atoms.